The van der Waals surface area contributed by atoms with Crippen LogP contribution in [0.1, 0.15) is 26.7 Å². The maximum absolute atomic E-state index is 10.4. The van der Waals surface area contributed by atoms with Crippen LogP contribution in [0.15, 0.2) is 0 Å². The lowest BCUT2D eigenvalue weighted by molar-refractivity contribution is -0.137. The van der Waals surface area contributed by atoms with Gasteiger partial charge in [-0.05, 0) is 11.7 Å². The summed E-state index contributed by atoms with van der Waals surface area (Å²) < 4.78 is 0. The molecule has 78 valence electrons. The van der Waals surface area contributed by atoms with Gasteiger partial charge in [-0.2, -0.15) is 11.8 Å². The summed E-state index contributed by atoms with van der Waals surface area (Å²) in [6.45, 7) is 4.32. The Balaban J connectivity index is 3.48. The molecule has 0 aliphatic rings. The summed E-state index contributed by atoms with van der Waals surface area (Å²) in [5.41, 5.74) is 5.37. The van der Waals surface area contributed by atoms with E-state index >= 15 is 0 Å². The summed E-state index contributed by atoms with van der Waals surface area (Å²) in [6, 6.07) is -0.709. The second-order valence-electron chi connectivity index (χ2n) is 3.16. The van der Waals surface area contributed by atoms with Gasteiger partial charge in [-0.15, -0.1) is 0 Å². The molecule has 3 N–H and O–H groups in total. The highest BCUT2D eigenvalue weighted by atomic mass is 32.2. The smallest absolute Gasteiger partial charge is 0.321 e. The van der Waals surface area contributed by atoms with Crippen molar-refractivity contribution in [2.45, 2.75) is 32.7 Å². The Morgan fingerprint density at radius 2 is 1.92 bits per heavy atom. The molecule has 4 heteroatoms. The molecule has 0 spiro atoms. The Bertz CT molecular complexity index is 149. The molecule has 0 unspecified atom stereocenters. The van der Waals surface area contributed by atoms with E-state index in [1.807, 2.05) is 0 Å². The van der Waals surface area contributed by atoms with E-state index in [1.165, 1.54) is 0 Å². The second-order valence-corrected chi connectivity index (χ2v) is 4.24. The Morgan fingerprint density at radius 3 is 2.31 bits per heavy atom. The van der Waals surface area contributed by atoms with Crippen molar-refractivity contribution >= 4 is 17.7 Å². The van der Waals surface area contributed by atoms with Crippen molar-refractivity contribution in [1.82, 2.24) is 0 Å². The summed E-state index contributed by atoms with van der Waals surface area (Å²) in [6.07, 6.45) is 2.32. The molecule has 0 rings (SSSR count). The van der Waals surface area contributed by atoms with Crippen molar-refractivity contribution in [1.29, 1.82) is 0 Å². The molecule has 0 radical (unpaired) electrons. The van der Waals surface area contributed by atoms with Crippen LogP contribution in [0.2, 0.25) is 0 Å². The van der Waals surface area contributed by atoms with Gasteiger partial charge in [0.2, 0.25) is 0 Å². The largest absolute Gasteiger partial charge is 0.480 e. The van der Waals surface area contributed by atoms with Crippen molar-refractivity contribution in [2.24, 2.45) is 11.7 Å². The lowest BCUT2D eigenvalue weighted by Gasteiger charge is -2.12. The average molecular weight is 205 g/mol. The third-order valence-corrected chi connectivity index (χ3v) is 3.42. The first-order valence-corrected chi connectivity index (χ1v) is 5.83. The highest BCUT2D eigenvalue weighted by molar-refractivity contribution is 7.99. The molecule has 0 saturated heterocycles. The van der Waals surface area contributed by atoms with Crippen molar-refractivity contribution < 1.29 is 9.90 Å². The zero-order valence-corrected chi connectivity index (χ0v) is 9.14. The van der Waals surface area contributed by atoms with Gasteiger partial charge in [-0.25, -0.2) is 0 Å². The number of hydrogen-bond donors (Lipinski definition) is 2. The third kappa shape index (κ3) is 5.93. The quantitative estimate of drug-likeness (QED) is 0.662. The second kappa shape index (κ2) is 7.21. The van der Waals surface area contributed by atoms with Crippen LogP contribution in [0.4, 0.5) is 0 Å². The number of hydrogen-bond acceptors (Lipinski definition) is 3. The van der Waals surface area contributed by atoms with Crippen LogP contribution in [-0.4, -0.2) is 28.6 Å². The number of nitrogens with two attached hydrogens (primary N) is 1. The SMILES string of the molecule is CCC(CC)CSC[C@H](N)C(=O)O. The average Bonchev–Trinajstić information content (AvgIpc) is 2.12. The van der Waals surface area contributed by atoms with Gasteiger partial charge in [-0.1, -0.05) is 26.7 Å². The van der Waals surface area contributed by atoms with Gasteiger partial charge in [0, 0.05) is 5.75 Å². The number of carbonyl (C=O) groups is 1. The van der Waals surface area contributed by atoms with E-state index in [0.29, 0.717) is 11.7 Å². The fourth-order valence-corrected chi connectivity index (χ4v) is 2.29. The van der Waals surface area contributed by atoms with E-state index in [-0.39, 0.29) is 0 Å². The predicted molar refractivity (Wildman–Crippen MR) is 57.0 cm³/mol. The molecule has 0 aromatic heterocycles. The topological polar surface area (TPSA) is 63.3 Å². The van der Waals surface area contributed by atoms with Crippen LogP contribution < -0.4 is 5.73 Å². The Hall–Kier alpha value is -0.220. The normalized spacial score (nSPS) is 13.2. The van der Waals surface area contributed by atoms with Crippen molar-refractivity contribution in [3.8, 4) is 0 Å². The first-order valence-electron chi connectivity index (χ1n) is 4.67. The van der Waals surface area contributed by atoms with E-state index in [9.17, 15) is 4.79 Å². The Morgan fingerprint density at radius 1 is 1.38 bits per heavy atom. The number of carboxylic acid groups (broad SMARTS) is 1. The van der Waals surface area contributed by atoms with Gasteiger partial charge >= 0.3 is 5.97 Å². The lowest BCUT2D eigenvalue weighted by atomic mass is 10.1. The molecule has 1 atom stereocenters. The minimum atomic E-state index is -0.906. The first-order chi connectivity index (χ1) is 6.11. The molecule has 0 bridgehead atoms. The van der Waals surface area contributed by atoms with Crippen molar-refractivity contribution in [3.63, 3.8) is 0 Å². The number of aliphatic carboxylic acids is 1. The van der Waals surface area contributed by atoms with Crippen LogP contribution in [0, 0.1) is 5.92 Å². The van der Waals surface area contributed by atoms with E-state index in [1.54, 1.807) is 11.8 Å². The minimum Gasteiger partial charge on any atom is -0.480 e. The summed E-state index contributed by atoms with van der Waals surface area (Å²) in [4.78, 5) is 10.4. The van der Waals surface area contributed by atoms with Gasteiger partial charge < -0.3 is 10.8 Å². The molecule has 13 heavy (non-hydrogen) atoms. The highest BCUT2D eigenvalue weighted by Crippen LogP contribution is 2.15. The Labute approximate surface area is 84.1 Å². The number of carboxylic acids is 1. The van der Waals surface area contributed by atoms with Crippen LogP contribution in [0.25, 0.3) is 0 Å². The molecule has 0 amide bonds. The van der Waals surface area contributed by atoms with Crippen LogP contribution in [-0.2, 0) is 4.79 Å². The molecular weight excluding hydrogens is 186 g/mol. The zero-order valence-electron chi connectivity index (χ0n) is 8.32. The Kier molecular flexibility index (Phi) is 7.09. The lowest BCUT2D eigenvalue weighted by Crippen LogP contribution is -2.32. The van der Waals surface area contributed by atoms with E-state index < -0.39 is 12.0 Å². The highest BCUT2D eigenvalue weighted by Gasteiger charge is 2.12. The predicted octanol–water partition coefficient (Wildman–Crippen LogP) is 1.57. The van der Waals surface area contributed by atoms with Crippen LogP contribution >= 0.6 is 11.8 Å². The molecule has 3 nitrogen and oxygen atoms in total. The number of thioether (sulfide) groups is 1. The summed E-state index contributed by atoms with van der Waals surface area (Å²) in [5, 5.41) is 8.52. The van der Waals surface area contributed by atoms with E-state index in [4.69, 9.17) is 10.8 Å². The van der Waals surface area contributed by atoms with Crippen molar-refractivity contribution in [3.05, 3.63) is 0 Å². The summed E-state index contributed by atoms with van der Waals surface area (Å²) >= 11 is 1.64. The molecular formula is C9H19NO2S. The van der Waals surface area contributed by atoms with Gasteiger partial charge in [0.15, 0.2) is 0 Å². The fraction of sp³-hybridized carbons (Fsp3) is 0.889. The standard InChI is InChI=1S/C9H19NO2S/c1-3-7(4-2)5-13-6-8(10)9(11)12/h7-8H,3-6,10H2,1-2H3,(H,11,12)/t8-/m0/s1. The van der Waals surface area contributed by atoms with E-state index in [2.05, 4.69) is 13.8 Å². The van der Waals surface area contributed by atoms with Gasteiger partial charge in [0.05, 0.1) is 0 Å². The first kappa shape index (κ1) is 12.8. The molecule has 0 heterocycles. The molecule has 0 fully saturated rings. The van der Waals surface area contributed by atoms with Gasteiger partial charge in [0.25, 0.3) is 0 Å². The molecule has 0 aliphatic carbocycles. The molecule has 0 aliphatic heterocycles. The monoisotopic (exact) mass is 205 g/mol. The summed E-state index contributed by atoms with van der Waals surface area (Å²) in [7, 11) is 0. The van der Waals surface area contributed by atoms with Crippen molar-refractivity contribution in [2.75, 3.05) is 11.5 Å². The summed E-state index contributed by atoms with van der Waals surface area (Å²) in [5.74, 6) is 1.34. The number of rotatable bonds is 7. The maximum Gasteiger partial charge on any atom is 0.321 e. The fourth-order valence-electron chi connectivity index (χ4n) is 0.957. The van der Waals surface area contributed by atoms with Crippen LogP contribution in [0.5, 0.6) is 0 Å². The van der Waals surface area contributed by atoms with Gasteiger partial charge in [0.1, 0.15) is 6.04 Å². The van der Waals surface area contributed by atoms with Crippen LogP contribution in [0.3, 0.4) is 0 Å². The third-order valence-electron chi connectivity index (χ3n) is 2.12. The maximum atomic E-state index is 10.4. The van der Waals surface area contributed by atoms with E-state index in [0.717, 1.165) is 18.6 Å². The van der Waals surface area contributed by atoms with Gasteiger partial charge in [-0.3, -0.25) is 4.79 Å². The minimum absolute atomic E-state index is 0.520. The molecule has 0 aromatic rings. The molecule has 0 saturated carbocycles. The zero-order chi connectivity index (χ0) is 10.3. The molecule has 0 aromatic carbocycles.